The highest BCUT2D eigenvalue weighted by molar-refractivity contribution is 5.76. The standard InChI is InChI=1S/C14H26N2O/c1-16(13-8-4-2-3-5-9-13)14(17)11-12-7-6-10-15-12/h12-13,15H,2-11H2,1H3. The Morgan fingerprint density at radius 3 is 2.41 bits per heavy atom. The highest BCUT2D eigenvalue weighted by atomic mass is 16.2. The molecule has 1 aliphatic heterocycles. The maximum atomic E-state index is 12.2. The number of carbonyl (C=O) groups is 1. The first kappa shape index (κ1) is 12.9. The maximum Gasteiger partial charge on any atom is 0.224 e. The summed E-state index contributed by atoms with van der Waals surface area (Å²) in [6.45, 7) is 1.09. The van der Waals surface area contributed by atoms with Crippen LogP contribution in [0.4, 0.5) is 0 Å². The largest absolute Gasteiger partial charge is 0.343 e. The average Bonchev–Trinajstić information content (AvgIpc) is 2.68. The van der Waals surface area contributed by atoms with Gasteiger partial charge >= 0.3 is 0 Å². The molecule has 2 rings (SSSR count). The third-order valence-electron chi connectivity index (χ3n) is 4.35. The molecule has 0 aromatic rings. The topological polar surface area (TPSA) is 32.3 Å². The van der Waals surface area contributed by atoms with Crippen LogP contribution in [0.3, 0.4) is 0 Å². The van der Waals surface area contributed by atoms with Crippen molar-refractivity contribution >= 4 is 5.91 Å². The Hall–Kier alpha value is -0.570. The molecule has 0 radical (unpaired) electrons. The Balaban J connectivity index is 1.80. The summed E-state index contributed by atoms with van der Waals surface area (Å²) in [5.74, 6) is 0.344. The van der Waals surface area contributed by atoms with Gasteiger partial charge in [-0.2, -0.15) is 0 Å². The van der Waals surface area contributed by atoms with Gasteiger partial charge < -0.3 is 10.2 Å². The van der Waals surface area contributed by atoms with Gasteiger partial charge in [0.15, 0.2) is 0 Å². The molecule has 3 nitrogen and oxygen atoms in total. The molecule has 0 aromatic carbocycles. The molecule has 1 unspecified atom stereocenters. The number of nitrogens with one attached hydrogen (secondary N) is 1. The Morgan fingerprint density at radius 2 is 1.82 bits per heavy atom. The smallest absolute Gasteiger partial charge is 0.224 e. The Morgan fingerprint density at radius 1 is 1.12 bits per heavy atom. The van der Waals surface area contributed by atoms with E-state index in [0.29, 0.717) is 24.4 Å². The zero-order chi connectivity index (χ0) is 12.1. The van der Waals surface area contributed by atoms with E-state index in [9.17, 15) is 4.79 Å². The lowest BCUT2D eigenvalue weighted by Crippen LogP contribution is -2.39. The predicted octanol–water partition coefficient (Wildman–Crippen LogP) is 2.31. The van der Waals surface area contributed by atoms with E-state index < -0.39 is 0 Å². The molecule has 0 aromatic heterocycles. The third kappa shape index (κ3) is 3.70. The fourth-order valence-corrected chi connectivity index (χ4v) is 3.13. The van der Waals surface area contributed by atoms with E-state index in [-0.39, 0.29) is 0 Å². The second-order valence-electron chi connectivity index (χ2n) is 5.65. The Kier molecular flexibility index (Phi) is 4.84. The van der Waals surface area contributed by atoms with Crippen molar-refractivity contribution in [2.24, 2.45) is 0 Å². The molecule has 3 heteroatoms. The summed E-state index contributed by atoms with van der Waals surface area (Å²) in [5.41, 5.74) is 0. The fourth-order valence-electron chi connectivity index (χ4n) is 3.13. The fraction of sp³-hybridized carbons (Fsp3) is 0.929. The van der Waals surface area contributed by atoms with Gasteiger partial charge in [0.05, 0.1) is 0 Å². The Bertz CT molecular complexity index is 241. The minimum atomic E-state index is 0.344. The zero-order valence-electron chi connectivity index (χ0n) is 11.1. The minimum absolute atomic E-state index is 0.344. The van der Waals surface area contributed by atoms with Gasteiger partial charge in [-0.3, -0.25) is 4.79 Å². The second kappa shape index (κ2) is 6.39. The molecule has 98 valence electrons. The van der Waals surface area contributed by atoms with Crippen molar-refractivity contribution in [2.45, 2.75) is 69.9 Å². The molecule has 1 saturated carbocycles. The van der Waals surface area contributed by atoms with Crippen LogP contribution in [0, 0.1) is 0 Å². The molecule has 1 amide bonds. The van der Waals surface area contributed by atoms with Crippen LogP contribution in [0.2, 0.25) is 0 Å². The zero-order valence-corrected chi connectivity index (χ0v) is 11.1. The lowest BCUT2D eigenvalue weighted by molar-refractivity contribution is -0.132. The van der Waals surface area contributed by atoms with Crippen LogP contribution in [-0.4, -0.2) is 36.5 Å². The van der Waals surface area contributed by atoms with Gasteiger partial charge in [-0.05, 0) is 32.2 Å². The van der Waals surface area contributed by atoms with Gasteiger partial charge in [0, 0.05) is 25.6 Å². The van der Waals surface area contributed by atoms with Crippen LogP contribution >= 0.6 is 0 Å². The van der Waals surface area contributed by atoms with E-state index in [0.717, 1.165) is 6.54 Å². The van der Waals surface area contributed by atoms with E-state index in [1.807, 2.05) is 11.9 Å². The number of amides is 1. The van der Waals surface area contributed by atoms with Crippen LogP contribution in [0.25, 0.3) is 0 Å². The predicted molar refractivity (Wildman–Crippen MR) is 69.9 cm³/mol. The van der Waals surface area contributed by atoms with Crippen LogP contribution in [0.1, 0.15) is 57.8 Å². The van der Waals surface area contributed by atoms with E-state index >= 15 is 0 Å². The molecule has 1 heterocycles. The van der Waals surface area contributed by atoms with Crippen molar-refractivity contribution < 1.29 is 4.79 Å². The minimum Gasteiger partial charge on any atom is -0.343 e. The molecule has 0 bridgehead atoms. The molecule has 1 N–H and O–H groups in total. The first-order valence-electron chi connectivity index (χ1n) is 7.26. The van der Waals surface area contributed by atoms with E-state index in [1.165, 1.54) is 51.4 Å². The van der Waals surface area contributed by atoms with Crippen LogP contribution in [-0.2, 0) is 4.79 Å². The van der Waals surface area contributed by atoms with E-state index in [1.54, 1.807) is 0 Å². The molecule has 1 saturated heterocycles. The molecule has 1 atom stereocenters. The number of nitrogens with zero attached hydrogens (tertiary/aromatic N) is 1. The lowest BCUT2D eigenvalue weighted by atomic mass is 10.1. The summed E-state index contributed by atoms with van der Waals surface area (Å²) in [4.78, 5) is 14.2. The van der Waals surface area contributed by atoms with Crippen LogP contribution in [0.15, 0.2) is 0 Å². The summed E-state index contributed by atoms with van der Waals surface area (Å²) in [7, 11) is 2.01. The van der Waals surface area contributed by atoms with Gasteiger partial charge in [-0.1, -0.05) is 25.7 Å². The highest BCUT2D eigenvalue weighted by Crippen LogP contribution is 2.22. The summed E-state index contributed by atoms with van der Waals surface area (Å²) in [6.07, 6.45) is 10.8. The SMILES string of the molecule is CN(C(=O)CC1CCCN1)C1CCCCCC1. The van der Waals surface area contributed by atoms with Crippen molar-refractivity contribution in [1.29, 1.82) is 0 Å². The van der Waals surface area contributed by atoms with E-state index in [2.05, 4.69) is 5.32 Å². The second-order valence-corrected chi connectivity index (χ2v) is 5.65. The van der Waals surface area contributed by atoms with Crippen molar-refractivity contribution in [3.63, 3.8) is 0 Å². The Labute approximate surface area is 105 Å². The number of hydrogen-bond donors (Lipinski definition) is 1. The molecule has 2 fully saturated rings. The number of carbonyl (C=O) groups excluding carboxylic acids is 1. The van der Waals surface area contributed by atoms with Crippen molar-refractivity contribution in [2.75, 3.05) is 13.6 Å². The lowest BCUT2D eigenvalue weighted by Gasteiger charge is -2.28. The van der Waals surface area contributed by atoms with Gasteiger partial charge in [-0.15, -0.1) is 0 Å². The van der Waals surface area contributed by atoms with Gasteiger partial charge in [0.1, 0.15) is 0 Å². The monoisotopic (exact) mass is 238 g/mol. The van der Waals surface area contributed by atoms with Crippen molar-refractivity contribution in [3.05, 3.63) is 0 Å². The first-order chi connectivity index (χ1) is 8.27. The average molecular weight is 238 g/mol. The van der Waals surface area contributed by atoms with Gasteiger partial charge in [-0.25, -0.2) is 0 Å². The van der Waals surface area contributed by atoms with Gasteiger partial charge in [0.25, 0.3) is 0 Å². The van der Waals surface area contributed by atoms with Crippen molar-refractivity contribution in [1.82, 2.24) is 10.2 Å². The number of hydrogen-bond acceptors (Lipinski definition) is 2. The summed E-state index contributed by atoms with van der Waals surface area (Å²) in [5, 5.41) is 3.41. The third-order valence-corrected chi connectivity index (χ3v) is 4.35. The number of rotatable bonds is 3. The molecular formula is C14H26N2O. The summed E-state index contributed by atoms with van der Waals surface area (Å²) >= 11 is 0. The molecular weight excluding hydrogens is 212 g/mol. The normalized spacial score (nSPS) is 26.8. The molecule has 0 spiro atoms. The molecule has 1 aliphatic carbocycles. The summed E-state index contributed by atoms with van der Waals surface area (Å²) in [6, 6.07) is 0.946. The van der Waals surface area contributed by atoms with Crippen LogP contribution in [0.5, 0.6) is 0 Å². The molecule has 17 heavy (non-hydrogen) atoms. The molecule has 2 aliphatic rings. The highest BCUT2D eigenvalue weighted by Gasteiger charge is 2.24. The summed E-state index contributed by atoms with van der Waals surface area (Å²) < 4.78 is 0. The van der Waals surface area contributed by atoms with Crippen LogP contribution < -0.4 is 5.32 Å². The maximum absolute atomic E-state index is 12.2. The first-order valence-corrected chi connectivity index (χ1v) is 7.26. The van der Waals surface area contributed by atoms with Gasteiger partial charge in [0.2, 0.25) is 5.91 Å². The van der Waals surface area contributed by atoms with Crippen molar-refractivity contribution in [3.8, 4) is 0 Å². The quantitative estimate of drug-likeness (QED) is 0.765. The van der Waals surface area contributed by atoms with E-state index in [4.69, 9.17) is 0 Å².